The van der Waals surface area contributed by atoms with Gasteiger partial charge in [0.15, 0.2) is 5.65 Å². The first-order chi connectivity index (χ1) is 8.28. The second kappa shape index (κ2) is 4.04. The minimum atomic E-state index is -0.668. The lowest BCUT2D eigenvalue weighted by atomic mass is 10.2. The Labute approximate surface area is 104 Å². The molecule has 2 heterocycles. The lowest BCUT2D eigenvalue weighted by Crippen LogP contribution is -2.28. The highest BCUT2D eigenvalue weighted by atomic mass is 19.1. The van der Waals surface area contributed by atoms with E-state index in [1.54, 1.807) is 33.8 Å². The molecule has 6 heteroatoms. The Morgan fingerprint density at radius 3 is 2.67 bits per heavy atom. The first-order valence-electron chi connectivity index (χ1n) is 5.53. The zero-order valence-electron chi connectivity index (χ0n) is 10.7. The van der Waals surface area contributed by atoms with Gasteiger partial charge in [-0.2, -0.15) is 14.5 Å². The van der Waals surface area contributed by atoms with E-state index in [4.69, 9.17) is 4.74 Å². The number of hydrogen-bond donors (Lipinski definition) is 0. The van der Waals surface area contributed by atoms with Crippen LogP contribution in [0.25, 0.3) is 11.0 Å². The summed E-state index contributed by atoms with van der Waals surface area (Å²) >= 11 is 0. The van der Waals surface area contributed by atoms with Crippen molar-refractivity contribution >= 4 is 17.1 Å². The number of aromatic nitrogens is 3. The molecule has 0 bridgehead atoms. The van der Waals surface area contributed by atoms with Crippen LogP contribution >= 0.6 is 0 Å². The van der Waals surface area contributed by atoms with Crippen molar-refractivity contribution in [2.75, 3.05) is 0 Å². The van der Waals surface area contributed by atoms with Crippen molar-refractivity contribution in [3.8, 4) is 0 Å². The summed E-state index contributed by atoms with van der Waals surface area (Å²) in [5, 5.41) is 4.66. The molecule has 2 rings (SSSR count). The van der Waals surface area contributed by atoms with Gasteiger partial charge in [0.05, 0.1) is 5.69 Å². The maximum absolute atomic E-state index is 13.1. The number of carbonyl (C=O) groups is 1. The molecule has 0 aliphatic rings. The third-order valence-electron chi connectivity index (χ3n) is 2.25. The minimum Gasteiger partial charge on any atom is -0.442 e. The average molecular weight is 251 g/mol. The number of pyridine rings is 1. The number of hydrogen-bond acceptors (Lipinski definition) is 4. The summed E-state index contributed by atoms with van der Waals surface area (Å²) in [7, 11) is 0. The molecular weight excluding hydrogens is 237 g/mol. The first-order valence-corrected chi connectivity index (χ1v) is 5.53. The van der Waals surface area contributed by atoms with Crippen LogP contribution in [0.15, 0.2) is 12.1 Å². The van der Waals surface area contributed by atoms with Crippen LogP contribution in [0.2, 0.25) is 0 Å². The molecule has 18 heavy (non-hydrogen) atoms. The largest absolute Gasteiger partial charge is 0.442 e. The number of nitrogens with zero attached hydrogens (tertiary/aromatic N) is 3. The first kappa shape index (κ1) is 12.5. The summed E-state index contributed by atoms with van der Waals surface area (Å²) in [6.07, 6.45) is -0.668. The van der Waals surface area contributed by atoms with Crippen LogP contribution in [-0.2, 0) is 4.74 Å². The van der Waals surface area contributed by atoms with Crippen LogP contribution in [-0.4, -0.2) is 26.5 Å². The lowest BCUT2D eigenvalue weighted by molar-refractivity contribution is 0.0521. The molecule has 5 nitrogen and oxygen atoms in total. The van der Waals surface area contributed by atoms with E-state index in [0.717, 1.165) is 4.68 Å². The third kappa shape index (κ3) is 2.32. The van der Waals surface area contributed by atoms with Crippen LogP contribution < -0.4 is 0 Å². The van der Waals surface area contributed by atoms with Crippen LogP contribution in [0.4, 0.5) is 9.18 Å². The van der Waals surface area contributed by atoms with Crippen molar-refractivity contribution in [1.29, 1.82) is 0 Å². The molecule has 0 spiro atoms. The fraction of sp³-hybridized carbons (Fsp3) is 0.417. The van der Waals surface area contributed by atoms with Gasteiger partial charge < -0.3 is 4.74 Å². The number of halogens is 1. The van der Waals surface area contributed by atoms with Gasteiger partial charge in [0.1, 0.15) is 5.60 Å². The molecule has 0 saturated heterocycles. The minimum absolute atomic E-state index is 0.168. The molecule has 0 amide bonds. The maximum atomic E-state index is 13.1. The second-order valence-corrected chi connectivity index (χ2v) is 4.98. The van der Waals surface area contributed by atoms with Crippen LogP contribution in [0.3, 0.4) is 0 Å². The summed E-state index contributed by atoms with van der Waals surface area (Å²) < 4.78 is 19.3. The fourth-order valence-electron chi connectivity index (χ4n) is 1.55. The smallest absolute Gasteiger partial charge is 0.437 e. The van der Waals surface area contributed by atoms with Gasteiger partial charge in [0, 0.05) is 5.39 Å². The van der Waals surface area contributed by atoms with E-state index < -0.39 is 17.6 Å². The Balaban J connectivity index is 2.51. The SMILES string of the molecule is Cc1nn(C(=O)OC(C)(C)C)c2nc(F)ccc12. The van der Waals surface area contributed by atoms with E-state index in [9.17, 15) is 9.18 Å². The Morgan fingerprint density at radius 2 is 2.06 bits per heavy atom. The van der Waals surface area contributed by atoms with E-state index in [2.05, 4.69) is 10.1 Å². The summed E-state index contributed by atoms with van der Waals surface area (Å²) in [5.41, 5.74) is 0.126. The zero-order chi connectivity index (χ0) is 13.5. The number of fused-ring (bicyclic) bond motifs is 1. The van der Waals surface area contributed by atoms with Crippen molar-refractivity contribution in [2.24, 2.45) is 0 Å². The number of ether oxygens (including phenoxy) is 1. The second-order valence-electron chi connectivity index (χ2n) is 4.98. The molecule has 2 aromatic heterocycles. The third-order valence-corrected chi connectivity index (χ3v) is 2.25. The molecule has 0 aromatic carbocycles. The van der Waals surface area contributed by atoms with E-state index >= 15 is 0 Å². The molecule has 0 aliphatic heterocycles. The van der Waals surface area contributed by atoms with Gasteiger partial charge in [-0.15, -0.1) is 4.68 Å². The summed E-state index contributed by atoms with van der Waals surface area (Å²) in [4.78, 5) is 15.6. The van der Waals surface area contributed by atoms with Gasteiger partial charge in [-0.3, -0.25) is 0 Å². The number of carbonyl (C=O) groups excluding carboxylic acids is 1. The summed E-state index contributed by atoms with van der Waals surface area (Å²) in [6.45, 7) is 6.97. The van der Waals surface area contributed by atoms with Gasteiger partial charge >= 0.3 is 6.09 Å². The highest BCUT2D eigenvalue weighted by Gasteiger charge is 2.22. The Bertz CT molecular complexity index is 614. The van der Waals surface area contributed by atoms with Gasteiger partial charge in [-0.1, -0.05) is 0 Å². The van der Waals surface area contributed by atoms with E-state index in [0.29, 0.717) is 11.1 Å². The molecule has 0 atom stereocenters. The van der Waals surface area contributed by atoms with Crippen LogP contribution in [0, 0.1) is 12.9 Å². The quantitative estimate of drug-likeness (QED) is 0.675. The standard InChI is InChI=1S/C12H14FN3O2/c1-7-8-5-6-9(13)14-10(8)16(15-7)11(17)18-12(2,3)4/h5-6H,1-4H3. The Hall–Kier alpha value is -1.98. The lowest BCUT2D eigenvalue weighted by Gasteiger charge is -2.18. The van der Waals surface area contributed by atoms with Gasteiger partial charge in [0.25, 0.3) is 0 Å². The Morgan fingerprint density at radius 1 is 1.39 bits per heavy atom. The molecule has 96 valence electrons. The molecule has 0 aliphatic carbocycles. The highest BCUT2D eigenvalue weighted by Crippen LogP contribution is 2.18. The van der Waals surface area contributed by atoms with E-state index in [-0.39, 0.29) is 5.65 Å². The summed E-state index contributed by atoms with van der Waals surface area (Å²) in [5.74, 6) is -0.660. The molecule has 0 N–H and O–H groups in total. The van der Waals surface area contributed by atoms with Gasteiger partial charge in [-0.05, 0) is 39.8 Å². The fourth-order valence-corrected chi connectivity index (χ4v) is 1.55. The maximum Gasteiger partial charge on any atom is 0.437 e. The predicted octanol–water partition coefficient (Wildman–Crippen LogP) is 2.66. The topological polar surface area (TPSA) is 57.0 Å². The predicted molar refractivity (Wildman–Crippen MR) is 63.9 cm³/mol. The van der Waals surface area contributed by atoms with E-state index in [1.165, 1.54) is 6.07 Å². The normalized spacial score (nSPS) is 11.8. The Kier molecular flexibility index (Phi) is 2.80. The molecule has 2 aromatic rings. The number of rotatable bonds is 0. The molecule has 0 unspecified atom stereocenters. The monoisotopic (exact) mass is 251 g/mol. The summed E-state index contributed by atoms with van der Waals surface area (Å²) in [6, 6.07) is 2.78. The van der Waals surface area contributed by atoms with Gasteiger partial charge in [-0.25, -0.2) is 4.79 Å². The van der Waals surface area contributed by atoms with Gasteiger partial charge in [0.2, 0.25) is 5.95 Å². The van der Waals surface area contributed by atoms with Crippen molar-refractivity contribution in [1.82, 2.24) is 14.8 Å². The van der Waals surface area contributed by atoms with E-state index in [1.807, 2.05) is 0 Å². The van der Waals surface area contributed by atoms with Crippen molar-refractivity contribution in [3.05, 3.63) is 23.8 Å². The van der Waals surface area contributed by atoms with Crippen LogP contribution in [0.5, 0.6) is 0 Å². The molecular formula is C12H14FN3O2. The highest BCUT2D eigenvalue weighted by molar-refractivity contribution is 5.86. The van der Waals surface area contributed by atoms with Crippen molar-refractivity contribution in [2.45, 2.75) is 33.3 Å². The van der Waals surface area contributed by atoms with Crippen molar-refractivity contribution < 1.29 is 13.9 Å². The van der Waals surface area contributed by atoms with Crippen LogP contribution in [0.1, 0.15) is 26.5 Å². The molecule has 0 radical (unpaired) electrons. The average Bonchev–Trinajstić information content (AvgIpc) is 2.53. The zero-order valence-corrected chi connectivity index (χ0v) is 10.7. The molecule has 0 saturated carbocycles. The van der Waals surface area contributed by atoms with Crippen molar-refractivity contribution in [3.63, 3.8) is 0 Å². The number of aryl methyl sites for hydroxylation is 1. The molecule has 0 fully saturated rings.